The predicted molar refractivity (Wildman–Crippen MR) is 89.9 cm³/mol. The molecule has 0 saturated carbocycles. The second-order valence-corrected chi connectivity index (χ2v) is 6.33. The molecule has 0 heterocycles. The fourth-order valence-corrected chi connectivity index (χ4v) is 3.78. The van der Waals surface area contributed by atoms with Crippen molar-refractivity contribution < 1.29 is 22.7 Å². The Bertz CT molecular complexity index is 639. The van der Waals surface area contributed by atoms with Crippen LogP contribution in [0.25, 0.3) is 0 Å². The highest BCUT2D eigenvalue weighted by Gasteiger charge is 2.29. The van der Waals surface area contributed by atoms with Gasteiger partial charge in [-0.2, -0.15) is 0 Å². The maximum Gasteiger partial charge on any atom is 0.293 e. The number of anilines is 1. The van der Waals surface area contributed by atoms with Gasteiger partial charge in [-0.1, -0.05) is 6.08 Å². The van der Waals surface area contributed by atoms with E-state index in [9.17, 15) is 17.9 Å². The summed E-state index contributed by atoms with van der Waals surface area (Å²) in [5.41, 5.74) is 7.50. The molecule has 8 heteroatoms. The lowest BCUT2D eigenvalue weighted by Crippen LogP contribution is -2.40. The highest BCUT2D eigenvalue weighted by Crippen LogP contribution is 2.33. The van der Waals surface area contributed by atoms with Crippen molar-refractivity contribution in [2.45, 2.75) is 38.3 Å². The summed E-state index contributed by atoms with van der Waals surface area (Å²) in [5, 5.41) is 0. The number of nitrogens with two attached hydrogens (primary N) is 1. The van der Waals surface area contributed by atoms with Gasteiger partial charge in [0.1, 0.15) is 5.82 Å². The minimum Gasteiger partial charge on any atom is -0.468 e. The molecule has 1 aromatic carbocycles. The van der Waals surface area contributed by atoms with Gasteiger partial charge < -0.3 is 10.5 Å². The molecule has 0 radical (unpaired) electrons. The largest absolute Gasteiger partial charge is 0.468 e. The number of carbonyl (C=O) groups is 1. The van der Waals surface area contributed by atoms with E-state index in [-0.39, 0.29) is 19.2 Å². The molecule has 2 rings (SSSR count). The second-order valence-electron chi connectivity index (χ2n) is 5.48. The van der Waals surface area contributed by atoms with E-state index in [1.165, 1.54) is 22.5 Å². The molecule has 1 aliphatic rings. The van der Waals surface area contributed by atoms with E-state index < -0.39 is 17.1 Å². The average Bonchev–Trinajstić information content (AvgIpc) is 2.57. The summed E-state index contributed by atoms with van der Waals surface area (Å²) in [6.45, 7) is 0.651. The standard InChI is InChI=1S/C16H21FN2O4S/c17-14-5-6-16(13(9-14)10-18)19(24(21)22)15-4-2-1-3-12(15)7-8-23-11-20/h3,5-6,9,11,15H,1-2,4,7-8,10,18H2,(H,21,22). The van der Waals surface area contributed by atoms with Crippen molar-refractivity contribution in [3.63, 3.8) is 0 Å². The van der Waals surface area contributed by atoms with Gasteiger partial charge in [-0.3, -0.25) is 13.7 Å². The fraction of sp³-hybridized carbons (Fsp3) is 0.438. The summed E-state index contributed by atoms with van der Waals surface area (Å²) in [7, 11) is 0. The van der Waals surface area contributed by atoms with Crippen LogP contribution < -0.4 is 10.0 Å². The first-order chi connectivity index (χ1) is 11.6. The van der Waals surface area contributed by atoms with E-state index >= 15 is 0 Å². The highest BCUT2D eigenvalue weighted by molar-refractivity contribution is 7.80. The van der Waals surface area contributed by atoms with Crippen molar-refractivity contribution in [3.8, 4) is 0 Å². The quantitative estimate of drug-likeness (QED) is 0.323. The van der Waals surface area contributed by atoms with Crippen LogP contribution in [0.1, 0.15) is 31.2 Å². The van der Waals surface area contributed by atoms with E-state index in [4.69, 9.17) is 10.5 Å². The predicted octanol–water partition coefficient (Wildman–Crippen LogP) is 2.27. The first kappa shape index (κ1) is 18.6. The summed E-state index contributed by atoms with van der Waals surface area (Å²) in [6.07, 6.45) is 4.91. The van der Waals surface area contributed by atoms with E-state index in [0.717, 1.165) is 18.4 Å². The molecule has 1 aliphatic carbocycles. The zero-order chi connectivity index (χ0) is 17.5. The van der Waals surface area contributed by atoms with Crippen molar-refractivity contribution in [3.05, 3.63) is 41.2 Å². The van der Waals surface area contributed by atoms with E-state index in [1.54, 1.807) is 0 Å². The molecule has 24 heavy (non-hydrogen) atoms. The van der Waals surface area contributed by atoms with Crippen LogP contribution in [0.15, 0.2) is 29.8 Å². The molecule has 6 nitrogen and oxygen atoms in total. The molecule has 0 aromatic heterocycles. The van der Waals surface area contributed by atoms with Gasteiger partial charge in [0.25, 0.3) is 17.7 Å². The minimum absolute atomic E-state index is 0.0564. The number of ether oxygens (including phenoxy) is 1. The SMILES string of the molecule is NCc1cc(F)ccc1N(C1CCCC=C1CCOC=O)S(=O)O. The summed E-state index contributed by atoms with van der Waals surface area (Å²) in [6, 6.07) is 3.67. The van der Waals surface area contributed by atoms with Crippen molar-refractivity contribution >= 4 is 23.4 Å². The lowest BCUT2D eigenvalue weighted by molar-refractivity contribution is -0.128. The molecule has 2 atom stereocenters. The van der Waals surface area contributed by atoms with Gasteiger partial charge in [-0.15, -0.1) is 0 Å². The minimum atomic E-state index is -2.29. The van der Waals surface area contributed by atoms with E-state index in [1.807, 2.05) is 6.08 Å². The van der Waals surface area contributed by atoms with Gasteiger partial charge in [-0.05, 0) is 48.6 Å². The number of hydrogen-bond donors (Lipinski definition) is 2. The third kappa shape index (κ3) is 4.40. The Labute approximate surface area is 142 Å². The Morgan fingerprint density at radius 1 is 1.50 bits per heavy atom. The molecule has 2 unspecified atom stereocenters. The van der Waals surface area contributed by atoms with Crippen LogP contribution in [-0.2, 0) is 27.3 Å². The highest BCUT2D eigenvalue weighted by atomic mass is 32.2. The van der Waals surface area contributed by atoms with Crippen molar-refractivity contribution in [2.75, 3.05) is 10.9 Å². The van der Waals surface area contributed by atoms with Crippen LogP contribution in [0.2, 0.25) is 0 Å². The van der Waals surface area contributed by atoms with Gasteiger partial charge in [0.15, 0.2) is 0 Å². The van der Waals surface area contributed by atoms with Crippen LogP contribution in [0.5, 0.6) is 0 Å². The van der Waals surface area contributed by atoms with Crippen molar-refractivity contribution in [2.24, 2.45) is 5.73 Å². The Morgan fingerprint density at radius 2 is 2.29 bits per heavy atom. The normalized spacial score (nSPS) is 18.6. The maximum absolute atomic E-state index is 13.4. The number of benzene rings is 1. The summed E-state index contributed by atoms with van der Waals surface area (Å²) >= 11 is -2.29. The number of hydrogen-bond acceptors (Lipinski definition) is 4. The first-order valence-electron chi connectivity index (χ1n) is 7.71. The Hall–Kier alpha value is -1.77. The number of allylic oxidation sites excluding steroid dienone is 1. The molecular weight excluding hydrogens is 335 g/mol. The number of halogens is 1. The lowest BCUT2D eigenvalue weighted by atomic mass is 9.91. The van der Waals surface area contributed by atoms with E-state index in [2.05, 4.69) is 0 Å². The van der Waals surface area contributed by atoms with Crippen molar-refractivity contribution in [1.29, 1.82) is 0 Å². The van der Waals surface area contributed by atoms with Crippen molar-refractivity contribution in [1.82, 2.24) is 0 Å². The van der Waals surface area contributed by atoms with Crippen LogP contribution >= 0.6 is 0 Å². The van der Waals surface area contributed by atoms with Crippen LogP contribution in [-0.4, -0.2) is 27.9 Å². The van der Waals surface area contributed by atoms with Crippen LogP contribution in [0.4, 0.5) is 10.1 Å². The summed E-state index contributed by atoms with van der Waals surface area (Å²) in [5.74, 6) is -0.443. The topological polar surface area (TPSA) is 92.9 Å². The second kappa shape index (κ2) is 8.91. The van der Waals surface area contributed by atoms with Crippen LogP contribution in [0, 0.1) is 5.82 Å². The summed E-state index contributed by atoms with van der Waals surface area (Å²) < 4.78 is 41.4. The third-order valence-electron chi connectivity index (χ3n) is 4.04. The van der Waals surface area contributed by atoms with Gasteiger partial charge >= 0.3 is 0 Å². The number of nitrogens with zero attached hydrogens (tertiary/aromatic N) is 1. The monoisotopic (exact) mass is 356 g/mol. The number of carbonyl (C=O) groups excluding carboxylic acids is 1. The average molecular weight is 356 g/mol. The van der Waals surface area contributed by atoms with Crippen LogP contribution in [0.3, 0.4) is 0 Å². The molecule has 0 spiro atoms. The Balaban J connectivity index is 2.35. The van der Waals surface area contributed by atoms with Gasteiger partial charge in [0.2, 0.25) is 0 Å². The van der Waals surface area contributed by atoms with Gasteiger partial charge in [0.05, 0.1) is 18.3 Å². The number of rotatable bonds is 8. The van der Waals surface area contributed by atoms with Gasteiger partial charge in [0, 0.05) is 13.0 Å². The van der Waals surface area contributed by atoms with E-state index in [0.29, 0.717) is 30.6 Å². The molecule has 0 aliphatic heterocycles. The first-order valence-corrected chi connectivity index (χ1v) is 8.77. The molecule has 0 bridgehead atoms. The molecule has 0 saturated heterocycles. The fourth-order valence-electron chi connectivity index (χ4n) is 2.97. The Kier molecular flexibility index (Phi) is 6.89. The molecule has 1 aromatic rings. The molecule has 0 fully saturated rings. The lowest BCUT2D eigenvalue weighted by Gasteiger charge is -2.35. The molecule has 0 amide bonds. The smallest absolute Gasteiger partial charge is 0.293 e. The molecule has 132 valence electrons. The van der Waals surface area contributed by atoms with Gasteiger partial charge in [-0.25, -0.2) is 8.60 Å². The molecular formula is C16H21FN2O4S. The zero-order valence-electron chi connectivity index (χ0n) is 13.2. The Morgan fingerprint density at radius 3 is 2.96 bits per heavy atom. The molecule has 3 N–H and O–H groups in total. The summed E-state index contributed by atoms with van der Waals surface area (Å²) in [4.78, 5) is 10.3. The maximum atomic E-state index is 13.4. The zero-order valence-corrected chi connectivity index (χ0v) is 14.0. The third-order valence-corrected chi connectivity index (χ3v) is 4.83.